The van der Waals surface area contributed by atoms with E-state index in [9.17, 15) is 4.79 Å². The molecule has 0 spiro atoms. The Morgan fingerprint density at radius 1 is 1.23 bits per heavy atom. The molecule has 1 amide bonds. The van der Waals surface area contributed by atoms with Crippen molar-refractivity contribution in [2.45, 2.75) is 64.2 Å². The summed E-state index contributed by atoms with van der Waals surface area (Å²) in [4.78, 5) is 20.5. The third-order valence-electron chi connectivity index (χ3n) is 5.43. The quantitative estimate of drug-likeness (QED) is 0.264. The van der Waals surface area contributed by atoms with Crippen LogP contribution in [0.4, 0.5) is 0 Å². The number of carbonyl (C=O) groups excluding carboxylic acids is 1. The van der Waals surface area contributed by atoms with Crippen LogP contribution >= 0.6 is 24.0 Å². The summed E-state index contributed by atoms with van der Waals surface area (Å²) in [5, 5.41) is 6.94. The van der Waals surface area contributed by atoms with E-state index in [0.717, 1.165) is 71.0 Å². The van der Waals surface area contributed by atoms with Gasteiger partial charge >= 0.3 is 0 Å². The highest BCUT2D eigenvalue weighted by molar-refractivity contribution is 14.0. The highest BCUT2D eigenvalue weighted by Crippen LogP contribution is 2.12. The molecule has 0 aliphatic carbocycles. The van der Waals surface area contributed by atoms with Crippen molar-refractivity contribution in [2.24, 2.45) is 4.99 Å². The van der Waals surface area contributed by atoms with Gasteiger partial charge in [-0.15, -0.1) is 24.0 Å². The van der Waals surface area contributed by atoms with Crippen LogP contribution in [0.1, 0.15) is 46.0 Å². The van der Waals surface area contributed by atoms with Gasteiger partial charge < -0.3 is 29.9 Å². The minimum Gasteiger partial charge on any atom is -0.377 e. The van der Waals surface area contributed by atoms with Gasteiger partial charge in [-0.2, -0.15) is 0 Å². The van der Waals surface area contributed by atoms with Gasteiger partial charge in [0.2, 0.25) is 5.91 Å². The number of hydrogen-bond donors (Lipinski definition) is 2. The number of likely N-dealkylation sites (tertiary alicyclic amines) is 1. The Labute approximate surface area is 199 Å². The average Bonchev–Trinajstić information content (AvgIpc) is 2.71. The smallest absolute Gasteiger partial charge is 0.243 e. The Bertz CT molecular complexity index is 505. The molecule has 2 fully saturated rings. The van der Waals surface area contributed by atoms with Gasteiger partial charge in [0, 0.05) is 52.9 Å². The summed E-state index contributed by atoms with van der Waals surface area (Å²) >= 11 is 0. The average molecular weight is 540 g/mol. The summed E-state index contributed by atoms with van der Waals surface area (Å²) in [7, 11) is 3.51. The minimum absolute atomic E-state index is 0. The maximum absolute atomic E-state index is 12.0. The van der Waals surface area contributed by atoms with Crippen LogP contribution in [-0.2, 0) is 14.3 Å². The number of aliphatic imine (C=N–C) groups is 1. The van der Waals surface area contributed by atoms with Crippen molar-refractivity contribution in [1.29, 1.82) is 0 Å². The largest absolute Gasteiger partial charge is 0.377 e. The first-order chi connectivity index (χ1) is 13.9. The van der Waals surface area contributed by atoms with Crippen LogP contribution in [0, 0.1) is 0 Å². The number of nitrogens with zero attached hydrogens (tertiary/aromatic N) is 3. The van der Waals surface area contributed by atoms with Gasteiger partial charge in [-0.25, -0.2) is 4.99 Å². The first-order valence-electron chi connectivity index (χ1n) is 11.1. The van der Waals surface area contributed by atoms with Crippen LogP contribution < -0.4 is 10.6 Å². The number of amides is 1. The zero-order valence-corrected chi connectivity index (χ0v) is 21.5. The molecule has 2 aliphatic rings. The minimum atomic E-state index is -0.0000109. The summed E-state index contributed by atoms with van der Waals surface area (Å²) in [5.74, 6) is 0.718. The van der Waals surface area contributed by atoms with E-state index in [4.69, 9.17) is 9.47 Å². The van der Waals surface area contributed by atoms with Crippen molar-refractivity contribution >= 4 is 35.8 Å². The molecular weight excluding hydrogens is 497 g/mol. The van der Waals surface area contributed by atoms with E-state index in [-0.39, 0.29) is 48.6 Å². The normalized spacial score (nSPS) is 21.2. The van der Waals surface area contributed by atoms with E-state index in [2.05, 4.69) is 34.4 Å². The number of likely N-dealkylation sites (N-methyl/N-ethyl adjacent to an activating group) is 1. The highest BCUT2D eigenvalue weighted by Gasteiger charge is 2.21. The molecule has 0 aromatic carbocycles. The number of guanidine groups is 1. The number of carbonyl (C=O) groups is 1. The van der Waals surface area contributed by atoms with Gasteiger partial charge in [0.15, 0.2) is 5.96 Å². The van der Waals surface area contributed by atoms with Crippen LogP contribution in [0.3, 0.4) is 0 Å². The van der Waals surface area contributed by atoms with E-state index in [0.29, 0.717) is 6.04 Å². The molecule has 2 aliphatic heterocycles. The molecule has 1 unspecified atom stereocenters. The monoisotopic (exact) mass is 539 g/mol. The molecule has 0 saturated carbocycles. The molecular formula is C21H42IN5O3. The molecule has 2 N–H and O–H groups in total. The van der Waals surface area contributed by atoms with Crippen molar-refractivity contribution in [3.63, 3.8) is 0 Å². The maximum Gasteiger partial charge on any atom is 0.243 e. The van der Waals surface area contributed by atoms with Gasteiger partial charge in [-0.3, -0.25) is 4.79 Å². The molecule has 0 radical (unpaired) electrons. The third-order valence-corrected chi connectivity index (χ3v) is 5.43. The zero-order chi connectivity index (χ0) is 21.1. The van der Waals surface area contributed by atoms with E-state index in [1.54, 1.807) is 19.0 Å². The van der Waals surface area contributed by atoms with E-state index in [1.165, 1.54) is 6.42 Å². The van der Waals surface area contributed by atoms with E-state index >= 15 is 0 Å². The molecule has 2 heterocycles. The Morgan fingerprint density at radius 3 is 2.57 bits per heavy atom. The van der Waals surface area contributed by atoms with Crippen molar-refractivity contribution < 1.29 is 14.3 Å². The molecule has 8 nitrogen and oxygen atoms in total. The predicted octanol–water partition coefficient (Wildman–Crippen LogP) is 1.69. The lowest BCUT2D eigenvalue weighted by atomic mass is 10.1. The number of ether oxygens (including phenoxy) is 2. The second kappa shape index (κ2) is 15.2. The summed E-state index contributed by atoms with van der Waals surface area (Å²) in [6, 6.07) is 0.366. The number of nitrogens with one attached hydrogen (secondary N) is 2. The SMILES string of the molecule is CC(C)OCCN1CCC(NC(=NCC(=O)N(C)C)NCC2CCCCO2)CC1.I. The van der Waals surface area contributed by atoms with Gasteiger partial charge in [-0.1, -0.05) is 0 Å². The Kier molecular flexibility index (Phi) is 13.9. The van der Waals surface area contributed by atoms with Crippen LogP contribution in [0.5, 0.6) is 0 Å². The van der Waals surface area contributed by atoms with Crippen molar-refractivity contribution in [3.8, 4) is 0 Å². The number of hydrogen-bond acceptors (Lipinski definition) is 5. The summed E-state index contributed by atoms with van der Waals surface area (Å²) < 4.78 is 11.5. The molecule has 2 rings (SSSR count). The predicted molar refractivity (Wildman–Crippen MR) is 132 cm³/mol. The summed E-state index contributed by atoms with van der Waals surface area (Å²) in [6.07, 6.45) is 6.07. The molecule has 176 valence electrons. The molecule has 30 heavy (non-hydrogen) atoms. The van der Waals surface area contributed by atoms with Gasteiger partial charge in [0.1, 0.15) is 6.54 Å². The van der Waals surface area contributed by atoms with E-state index < -0.39 is 0 Å². The van der Waals surface area contributed by atoms with Crippen molar-refractivity contribution in [1.82, 2.24) is 20.4 Å². The standard InChI is InChI=1S/C21H41N5O3.HI/c1-17(2)28-14-12-26-10-8-18(9-11-26)24-21(23-16-20(27)25(3)4)22-15-19-7-5-6-13-29-19;/h17-19H,5-16H2,1-4H3,(H2,22,23,24);1H. The topological polar surface area (TPSA) is 78.4 Å². The van der Waals surface area contributed by atoms with Gasteiger partial charge in [0.05, 0.1) is 18.8 Å². The number of halogens is 1. The lowest BCUT2D eigenvalue weighted by Gasteiger charge is -2.33. The van der Waals surface area contributed by atoms with Gasteiger partial charge in [0.25, 0.3) is 0 Å². The van der Waals surface area contributed by atoms with E-state index in [1.807, 2.05) is 0 Å². The highest BCUT2D eigenvalue weighted by atomic mass is 127. The van der Waals surface area contributed by atoms with Crippen LogP contribution in [0.2, 0.25) is 0 Å². The summed E-state index contributed by atoms with van der Waals surface area (Å²) in [6.45, 7) is 9.74. The summed E-state index contributed by atoms with van der Waals surface area (Å²) in [5.41, 5.74) is 0. The lowest BCUT2D eigenvalue weighted by Crippen LogP contribution is -2.50. The second-order valence-corrected chi connectivity index (χ2v) is 8.50. The van der Waals surface area contributed by atoms with Crippen molar-refractivity contribution in [2.75, 3.05) is 60.0 Å². The molecule has 2 saturated heterocycles. The number of piperidine rings is 1. The van der Waals surface area contributed by atoms with Gasteiger partial charge in [-0.05, 0) is 46.0 Å². The molecule has 0 bridgehead atoms. The van der Waals surface area contributed by atoms with Crippen LogP contribution in [-0.4, -0.2) is 99.9 Å². The molecule has 0 aromatic rings. The van der Waals surface area contributed by atoms with Crippen LogP contribution in [0.15, 0.2) is 4.99 Å². The van der Waals surface area contributed by atoms with Crippen LogP contribution in [0.25, 0.3) is 0 Å². The second-order valence-electron chi connectivity index (χ2n) is 8.50. The first-order valence-corrected chi connectivity index (χ1v) is 11.1. The fourth-order valence-corrected chi connectivity index (χ4v) is 3.53. The fraction of sp³-hybridized carbons (Fsp3) is 0.905. The lowest BCUT2D eigenvalue weighted by molar-refractivity contribution is -0.127. The maximum atomic E-state index is 12.0. The first kappa shape index (κ1) is 27.4. The third kappa shape index (κ3) is 11.1. The zero-order valence-electron chi connectivity index (χ0n) is 19.2. The Hall–Kier alpha value is -0.650. The molecule has 1 atom stereocenters. The molecule has 0 aromatic heterocycles. The molecule has 9 heteroatoms. The Balaban J connectivity index is 0.00000450. The van der Waals surface area contributed by atoms with Crippen molar-refractivity contribution in [3.05, 3.63) is 0 Å². The fourth-order valence-electron chi connectivity index (χ4n) is 3.53. The number of rotatable bonds is 9. The Morgan fingerprint density at radius 2 is 1.97 bits per heavy atom.